The number of phenolic OH excluding ortho intramolecular Hbond substituents is 2. The van der Waals surface area contributed by atoms with E-state index in [9.17, 15) is 59.8 Å². The average Bonchev–Trinajstić information content (AvgIpc) is 3.28. The summed E-state index contributed by atoms with van der Waals surface area (Å²) < 4.78 is 34.0. The standard InChI is InChI=1S/C30H25NO9.C30H24O9/c1-10-6-12-13(9-32)28(35)20-14(33)7-16(38-3)22-23-17(39-4)8-15(34)21-26(23)25(19(12)24(20)22)27(18(10)11(2)31-37)30(40-5)29(21)36;1-10-6-12-13(9-31)28(35)20-14(33)7-16(37-3)22-23-17(38-4)8-15(34)21-26(23)25(19(12)24(20)22)27(18(10)11(2)32)30(39-5)29(21)36/h6-8,18,32,35-37H,9H2,1-5H3;6-8,18,31,35-36H,9H2,1-5H3/b31-11+;. The molecule has 7 N–H and O–H groups in total. The van der Waals surface area contributed by atoms with Crippen molar-refractivity contribution in [2.45, 2.75) is 52.7 Å². The van der Waals surface area contributed by atoms with E-state index in [2.05, 4.69) is 5.16 Å². The Morgan fingerprint density at radius 1 is 0.443 bits per heavy atom. The number of fused-ring (bicyclic) bond motifs is 2. The van der Waals surface area contributed by atoms with Crippen LogP contribution in [0.2, 0.25) is 0 Å². The van der Waals surface area contributed by atoms with Gasteiger partial charge in [-0.2, -0.15) is 0 Å². The number of hydrogen-bond acceptors (Lipinski definition) is 19. The molecule has 0 amide bonds. The number of hydrogen-bond donors (Lipinski definition) is 7. The number of carbonyl (C=O) groups is 1. The minimum atomic E-state index is -0.908. The van der Waals surface area contributed by atoms with Crippen LogP contribution < -0.4 is 50.1 Å². The van der Waals surface area contributed by atoms with Gasteiger partial charge >= 0.3 is 0 Å². The van der Waals surface area contributed by atoms with Gasteiger partial charge in [-0.3, -0.25) is 24.0 Å². The van der Waals surface area contributed by atoms with Crippen LogP contribution in [-0.4, -0.2) is 90.0 Å². The van der Waals surface area contributed by atoms with Gasteiger partial charge in [0.15, 0.2) is 44.7 Å². The molecule has 0 saturated carbocycles. The van der Waals surface area contributed by atoms with Gasteiger partial charge in [-0.15, -0.1) is 0 Å². The van der Waals surface area contributed by atoms with E-state index in [1.807, 2.05) is 0 Å². The minimum absolute atomic E-state index is 0.00946. The number of phenols is 4. The zero-order valence-corrected chi connectivity index (χ0v) is 44.1. The van der Waals surface area contributed by atoms with E-state index in [0.717, 1.165) is 0 Å². The Morgan fingerprint density at radius 3 is 1.04 bits per heavy atom. The van der Waals surface area contributed by atoms with Gasteiger partial charge in [-0.05, 0) is 60.4 Å². The van der Waals surface area contributed by atoms with Gasteiger partial charge in [0.25, 0.3) is 0 Å². The first-order valence-electron chi connectivity index (χ1n) is 24.5. The van der Waals surface area contributed by atoms with Crippen LogP contribution in [0.4, 0.5) is 0 Å². The molecule has 79 heavy (non-hydrogen) atoms. The lowest BCUT2D eigenvalue weighted by Crippen LogP contribution is -2.14. The fourth-order valence-corrected chi connectivity index (χ4v) is 13.1. The molecular weight excluding hydrogens is 1020 g/mol. The number of aliphatic hydroxyl groups is 2. The molecule has 0 bridgehead atoms. The highest BCUT2D eigenvalue weighted by molar-refractivity contribution is 6.41. The predicted octanol–water partition coefficient (Wildman–Crippen LogP) is 8.09. The van der Waals surface area contributed by atoms with E-state index >= 15 is 0 Å². The quantitative estimate of drug-likeness (QED) is 0.0224. The lowest BCUT2D eigenvalue weighted by Gasteiger charge is -2.25. The summed E-state index contributed by atoms with van der Waals surface area (Å²) in [6, 6.07) is 4.94. The molecule has 0 fully saturated rings. The fourth-order valence-electron chi connectivity index (χ4n) is 13.1. The molecular formula is C60H49NO18. The van der Waals surface area contributed by atoms with Gasteiger partial charge in [0.1, 0.15) is 40.3 Å². The monoisotopic (exact) mass is 1070 g/mol. The molecule has 402 valence electrons. The van der Waals surface area contributed by atoms with Crippen LogP contribution >= 0.6 is 0 Å². The number of carbonyl (C=O) groups excluding carboxylic acids is 1. The highest BCUT2D eigenvalue weighted by Crippen LogP contribution is 2.60. The summed E-state index contributed by atoms with van der Waals surface area (Å²) in [7, 11) is 8.27. The minimum Gasteiger partial charge on any atom is -0.507 e. The molecule has 2 aliphatic rings. The molecule has 0 aliphatic heterocycles. The van der Waals surface area contributed by atoms with Crippen molar-refractivity contribution in [2.75, 3.05) is 42.7 Å². The molecule has 12 rings (SSSR count). The van der Waals surface area contributed by atoms with Crippen LogP contribution in [0.3, 0.4) is 0 Å². The van der Waals surface area contributed by atoms with Crippen molar-refractivity contribution >= 4 is 110 Å². The number of ketones is 1. The lowest BCUT2D eigenvalue weighted by molar-refractivity contribution is -0.117. The van der Waals surface area contributed by atoms with Crippen molar-refractivity contribution < 1.29 is 69.1 Å². The molecule has 0 saturated heterocycles. The molecule has 19 nitrogen and oxygen atoms in total. The highest BCUT2D eigenvalue weighted by Gasteiger charge is 2.39. The smallest absolute Gasteiger partial charge is 0.194 e. The maximum atomic E-state index is 13.5. The van der Waals surface area contributed by atoms with Crippen LogP contribution in [-0.2, 0) is 18.0 Å². The topological polar surface area (TPSA) is 295 Å². The summed E-state index contributed by atoms with van der Waals surface area (Å²) >= 11 is 0. The van der Waals surface area contributed by atoms with Crippen molar-refractivity contribution in [3.8, 4) is 57.5 Å². The number of allylic oxidation sites excluding steroid dienone is 2. The average molecular weight is 1070 g/mol. The van der Waals surface area contributed by atoms with Crippen molar-refractivity contribution in [3.05, 3.63) is 110 Å². The van der Waals surface area contributed by atoms with Crippen molar-refractivity contribution in [1.82, 2.24) is 0 Å². The summed E-state index contributed by atoms with van der Waals surface area (Å²) in [6.45, 7) is 5.31. The van der Waals surface area contributed by atoms with Crippen LogP contribution in [0.1, 0.15) is 72.9 Å². The fraction of sp³-hybridized carbons (Fsp3) is 0.233. The van der Waals surface area contributed by atoms with E-state index in [1.165, 1.54) is 73.8 Å². The van der Waals surface area contributed by atoms with Crippen molar-refractivity contribution in [3.63, 3.8) is 0 Å². The van der Waals surface area contributed by atoms with Gasteiger partial charge in [0.2, 0.25) is 0 Å². The number of rotatable bonds is 10. The first-order chi connectivity index (χ1) is 37.8. The SMILES string of the molecule is COc1c(O)c2c(=O)cc(OC)c3c4c(OC)cc(=O)c5c(O)c(CO)c6c(c(c1C(/C(C)=N/O)C(C)=C6)c23)c54.COc1c(O)c2c(=O)cc(OC)c3c4c(OC)cc(=O)c5c(O)c(CO)c6c(c(c1C(C(C)=O)C(C)=C6)c23)c54. The Balaban J connectivity index is 0.000000167. The normalized spacial score (nSPS) is 15.2. The van der Waals surface area contributed by atoms with Crippen molar-refractivity contribution in [1.29, 1.82) is 0 Å². The zero-order chi connectivity index (χ0) is 56.9. The van der Waals surface area contributed by atoms with Crippen LogP contribution in [0, 0.1) is 0 Å². The van der Waals surface area contributed by atoms with Crippen molar-refractivity contribution in [2.24, 2.45) is 5.16 Å². The maximum absolute atomic E-state index is 13.5. The molecule has 0 heterocycles. The van der Waals surface area contributed by atoms with Crippen LogP contribution in [0.25, 0.3) is 98.3 Å². The summed E-state index contributed by atoms with van der Waals surface area (Å²) in [5, 5.41) is 84.2. The number of methoxy groups -OCH3 is 6. The first kappa shape index (κ1) is 51.6. The Bertz CT molecular complexity index is 4750. The summed E-state index contributed by atoms with van der Waals surface area (Å²) in [5.74, 6) is -2.93. The summed E-state index contributed by atoms with van der Waals surface area (Å²) in [4.78, 5) is 67.1. The molecule has 10 aromatic carbocycles. The second-order valence-corrected chi connectivity index (χ2v) is 19.7. The number of nitrogens with zero attached hydrogens (tertiary/aromatic N) is 1. The van der Waals surface area contributed by atoms with Gasteiger partial charge < -0.3 is 64.3 Å². The number of benzene rings is 10. The number of oxime groups is 1. The third-order valence-electron chi connectivity index (χ3n) is 16.0. The summed E-state index contributed by atoms with van der Waals surface area (Å²) in [5.41, 5.74) is 0.970. The number of aliphatic hydroxyl groups excluding tert-OH is 2. The van der Waals surface area contributed by atoms with E-state index in [-0.39, 0.29) is 84.4 Å². The number of ether oxygens (including phenoxy) is 6. The van der Waals surface area contributed by atoms with Gasteiger partial charge in [-0.1, -0.05) is 28.5 Å². The Hall–Kier alpha value is -9.46. The largest absolute Gasteiger partial charge is 0.507 e. The molecule has 19 heteroatoms. The Kier molecular flexibility index (Phi) is 11.8. The molecule has 0 radical (unpaired) electrons. The number of aromatic hydroxyl groups is 4. The van der Waals surface area contributed by atoms with Gasteiger partial charge in [0.05, 0.1) is 95.0 Å². The number of Topliss-reactive ketones (excluding diaryl/α,β-unsaturated/α-hetero) is 1. The third kappa shape index (κ3) is 6.47. The summed E-state index contributed by atoms with van der Waals surface area (Å²) in [6.07, 6.45) is 3.42. The van der Waals surface area contributed by atoms with E-state index in [1.54, 1.807) is 32.9 Å². The highest BCUT2D eigenvalue weighted by atomic mass is 16.5. The Labute approximate surface area is 445 Å². The molecule has 0 aromatic heterocycles. The van der Waals surface area contributed by atoms with Crippen LogP contribution in [0.5, 0.6) is 57.5 Å². The molecule has 2 atom stereocenters. The molecule has 2 unspecified atom stereocenters. The van der Waals surface area contributed by atoms with E-state index in [4.69, 9.17) is 28.4 Å². The maximum Gasteiger partial charge on any atom is 0.194 e. The third-order valence-corrected chi connectivity index (χ3v) is 16.0. The second kappa shape index (κ2) is 18.1. The van der Waals surface area contributed by atoms with Gasteiger partial charge in [-0.25, -0.2) is 0 Å². The molecule has 0 spiro atoms. The Morgan fingerprint density at radius 2 is 0.747 bits per heavy atom. The van der Waals surface area contributed by atoms with Gasteiger partial charge in [0, 0.05) is 89.6 Å². The second-order valence-electron chi connectivity index (χ2n) is 19.7. The van der Waals surface area contributed by atoms with E-state index in [0.29, 0.717) is 98.0 Å². The predicted molar refractivity (Wildman–Crippen MR) is 299 cm³/mol. The van der Waals surface area contributed by atoms with E-state index < -0.39 is 64.0 Å². The zero-order valence-electron chi connectivity index (χ0n) is 44.1. The van der Waals surface area contributed by atoms with Crippen LogP contribution in [0.15, 0.2) is 59.7 Å². The lowest BCUT2D eigenvalue weighted by atomic mass is 9.80. The first-order valence-corrected chi connectivity index (χ1v) is 24.5. The molecule has 2 aliphatic carbocycles. The molecule has 10 aromatic rings.